The molecule has 3 aliphatic rings. The highest BCUT2D eigenvalue weighted by atomic mass is 16.7. The van der Waals surface area contributed by atoms with Gasteiger partial charge in [-0.05, 0) is 32.2 Å². The molecule has 2 heterocycles. The second-order valence-corrected chi connectivity index (χ2v) is 5.72. The molecule has 2 aliphatic heterocycles. The molecule has 1 aliphatic carbocycles. The van der Waals surface area contributed by atoms with Crippen molar-refractivity contribution in [3.05, 3.63) is 0 Å². The Bertz CT molecular complexity index is 265. The van der Waals surface area contributed by atoms with Crippen molar-refractivity contribution >= 4 is 0 Å². The Morgan fingerprint density at radius 3 is 2.82 bits per heavy atom. The molecule has 1 saturated carbocycles. The average Bonchev–Trinajstić information content (AvgIpc) is 2.90. The molecule has 0 aromatic carbocycles. The lowest BCUT2D eigenvalue weighted by Gasteiger charge is -2.31. The van der Waals surface area contributed by atoms with E-state index in [-0.39, 0.29) is 18.0 Å². The molecular weight excluding hydrogens is 218 g/mol. The highest BCUT2D eigenvalue weighted by molar-refractivity contribution is 4.86. The molecule has 17 heavy (non-hydrogen) atoms. The predicted molar refractivity (Wildman–Crippen MR) is 63.7 cm³/mol. The van der Waals surface area contributed by atoms with Crippen LogP contribution in [0.3, 0.4) is 0 Å². The first-order valence-electron chi connectivity index (χ1n) is 6.98. The van der Waals surface area contributed by atoms with Gasteiger partial charge in [-0.3, -0.25) is 4.90 Å². The van der Waals surface area contributed by atoms with Crippen LogP contribution in [0.25, 0.3) is 0 Å². The van der Waals surface area contributed by atoms with E-state index < -0.39 is 0 Å². The summed E-state index contributed by atoms with van der Waals surface area (Å²) in [5.74, 6) is -0.237. The summed E-state index contributed by atoms with van der Waals surface area (Å²) in [5.41, 5.74) is 0. The summed E-state index contributed by atoms with van der Waals surface area (Å²) in [6, 6.07) is 0. The maximum Gasteiger partial charge on any atom is 0.168 e. The summed E-state index contributed by atoms with van der Waals surface area (Å²) in [7, 11) is 0. The van der Waals surface area contributed by atoms with Gasteiger partial charge in [0.05, 0.1) is 18.8 Å². The first-order valence-corrected chi connectivity index (χ1v) is 6.98. The maximum atomic E-state index is 9.64. The van der Waals surface area contributed by atoms with E-state index in [4.69, 9.17) is 9.47 Å². The first kappa shape index (κ1) is 11.9. The quantitative estimate of drug-likeness (QED) is 0.787. The van der Waals surface area contributed by atoms with Gasteiger partial charge < -0.3 is 14.6 Å². The summed E-state index contributed by atoms with van der Waals surface area (Å²) in [4.78, 5) is 2.32. The topological polar surface area (TPSA) is 41.9 Å². The lowest BCUT2D eigenvalue weighted by molar-refractivity contribution is -0.163. The third-order valence-corrected chi connectivity index (χ3v) is 4.22. The number of nitrogens with zero attached hydrogens (tertiary/aromatic N) is 1. The Morgan fingerprint density at radius 1 is 1.24 bits per heavy atom. The molecule has 3 rings (SSSR count). The van der Waals surface area contributed by atoms with Crippen LogP contribution in [0, 0.1) is 0 Å². The number of rotatable bonds is 2. The fraction of sp³-hybridized carbons (Fsp3) is 1.00. The molecule has 2 atom stereocenters. The van der Waals surface area contributed by atoms with Gasteiger partial charge in [-0.2, -0.15) is 0 Å². The SMILES string of the molecule is OC1CCCN(CC2COC3(CCCC3)O2)C1. The molecule has 1 spiro atoms. The lowest BCUT2D eigenvalue weighted by atomic mass is 10.1. The van der Waals surface area contributed by atoms with E-state index in [1.165, 1.54) is 12.8 Å². The molecule has 1 N–H and O–H groups in total. The van der Waals surface area contributed by atoms with Crippen molar-refractivity contribution in [2.75, 3.05) is 26.2 Å². The molecular formula is C13H23NO3. The smallest absolute Gasteiger partial charge is 0.168 e. The van der Waals surface area contributed by atoms with Crippen molar-refractivity contribution in [2.45, 2.75) is 56.5 Å². The summed E-state index contributed by atoms with van der Waals surface area (Å²) < 4.78 is 12.0. The number of ether oxygens (including phenoxy) is 2. The van der Waals surface area contributed by atoms with Crippen LogP contribution < -0.4 is 0 Å². The second kappa shape index (κ2) is 4.84. The Kier molecular flexibility index (Phi) is 3.39. The Balaban J connectivity index is 1.50. The van der Waals surface area contributed by atoms with Crippen LogP contribution >= 0.6 is 0 Å². The molecule has 0 bridgehead atoms. The zero-order chi connectivity index (χ0) is 11.7. The van der Waals surface area contributed by atoms with Gasteiger partial charge in [-0.15, -0.1) is 0 Å². The van der Waals surface area contributed by atoms with Gasteiger partial charge >= 0.3 is 0 Å². The van der Waals surface area contributed by atoms with Gasteiger partial charge in [0.15, 0.2) is 5.79 Å². The Hall–Kier alpha value is -0.160. The lowest BCUT2D eigenvalue weighted by Crippen LogP contribution is -2.43. The van der Waals surface area contributed by atoms with E-state index >= 15 is 0 Å². The largest absolute Gasteiger partial charge is 0.392 e. The molecule has 0 amide bonds. The molecule has 0 radical (unpaired) electrons. The number of hydrogen-bond donors (Lipinski definition) is 1. The molecule has 3 fully saturated rings. The van der Waals surface area contributed by atoms with Crippen LogP contribution in [0.1, 0.15) is 38.5 Å². The van der Waals surface area contributed by atoms with Crippen LogP contribution in [-0.2, 0) is 9.47 Å². The van der Waals surface area contributed by atoms with E-state index in [1.54, 1.807) is 0 Å². The standard InChI is InChI=1S/C13H23NO3/c15-11-4-3-7-14(8-11)9-12-10-16-13(17-12)5-1-2-6-13/h11-12,15H,1-10H2. The molecule has 2 unspecified atom stereocenters. The van der Waals surface area contributed by atoms with Crippen LogP contribution in [0.4, 0.5) is 0 Å². The molecule has 0 aromatic heterocycles. The van der Waals surface area contributed by atoms with Crippen molar-refractivity contribution in [3.63, 3.8) is 0 Å². The first-order chi connectivity index (χ1) is 8.26. The highest BCUT2D eigenvalue weighted by Gasteiger charge is 2.44. The van der Waals surface area contributed by atoms with Gasteiger partial charge in [0, 0.05) is 25.9 Å². The number of piperidine rings is 1. The number of aliphatic hydroxyl groups excluding tert-OH is 1. The summed E-state index contributed by atoms with van der Waals surface area (Å²) in [6.07, 6.45) is 6.69. The number of hydrogen-bond acceptors (Lipinski definition) is 4. The number of likely N-dealkylation sites (tertiary alicyclic amines) is 1. The molecule has 4 nitrogen and oxygen atoms in total. The second-order valence-electron chi connectivity index (χ2n) is 5.72. The monoisotopic (exact) mass is 241 g/mol. The fourth-order valence-corrected chi connectivity index (χ4v) is 3.37. The van der Waals surface area contributed by atoms with E-state index in [0.717, 1.165) is 51.9 Å². The average molecular weight is 241 g/mol. The van der Waals surface area contributed by atoms with Gasteiger partial charge in [0.2, 0.25) is 0 Å². The number of β-amino-alcohol motifs (C(OH)–C–C–N with tert-alkyl or cyclic N) is 1. The van der Waals surface area contributed by atoms with Crippen LogP contribution in [0.15, 0.2) is 0 Å². The Morgan fingerprint density at radius 2 is 2.06 bits per heavy atom. The van der Waals surface area contributed by atoms with Crippen molar-refractivity contribution in [2.24, 2.45) is 0 Å². The van der Waals surface area contributed by atoms with Gasteiger partial charge in [-0.1, -0.05) is 0 Å². The minimum atomic E-state index is -0.237. The molecule has 98 valence electrons. The Labute approximate surface area is 103 Å². The van der Waals surface area contributed by atoms with Crippen molar-refractivity contribution in [1.82, 2.24) is 4.90 Å². The highest BCUT2D eigenvalue weighted by Crippen LogP contribution is 2.39. The summed E-state index contributed by atoms with van der Waals surface area (Å²) in [6.45, 7) is 3.53. The van der Waals surface area contributed by atoms with Crippen LogP contribution in [0.5, 0.6) is 0 Å². The number of aliphatic hydroxyl groups is 1. The van der Waals surface area contributed by atoms with Crippen molar-refractivity contribution in [3.8, 4) is 0 Å². The van der Waals surface area contributed by atoms with Gasteiger partial charge in [0.25, 0.3) is 0 Å². The van der Waals surface area contributed by atoms with E-state index in [2.05, 4.69) is 4.90 Å². The minimum Gasteiger partial charge on any atom is -0.392 e. The van der Waals surface area contributed by atoms with Gasteiger partial charge in [-0.25, -0.2) is 0 Å². The van der Waals surface area contributed by atoms with Gasteiger partial charge in [0.1, 0.15) is 0 Å². The molecule has 4 heteroatoms. The normalized spacial score (nSPS) is 37.9. The van der Waals surface area contributed by atoms with Crippen LogP contribution in [-0.4, -0.2) is 54.2 Å². The zero-order valence-electron chi connectivity index (χ0n) is 10.4. The fourth-order valence-electron chi connectivity index (χ4n) is 3.37. The van der Waals surface area contributed by atoms with E-state index in [0.29, 0.717) is 0 Å². The maximum absolute atomic E-state index is 9.64. The third kappa shape index (κ3) is 2.65. The van der Waals surface area contributed by atoms with Crippen molar-refractivity contribution in [1.29, 1.82) is 0 Å². The molecule has 0 aromatic rings. The predicted octanol–water partition coefficient (Wildman–Crippen LogP) is 1.13. The molecule has 2 saturated heterocycles. The third-order valence-electron chi connectivity index (χ3n) is 4.22. The van der Waals surface area contributed by atoms with E-state index in [9.17, 15) is 5.11 Å². The zero-order valence-corrected chi connectivity index (χ0v) is 10.4. The summed E-state index contributed by atoms with van der Waals surface area (Å²) >= 11 is 0. The van der Waals surface area contributed by atoms with E-state index in [1.807, 2.05) is 0 Å². The minimum absolute atomic E-state index is 0.147. The van der Waals surface area contributed by atoms with Crippen molar-refractivity contribution < 1.29 is 14.6 Å². The summed E-state index contributed by atoms with van der Waals surface area (Å²) in [5, 5.41) is 9.64. The van der Waals surface area contributed by atoms with Crippen LogP contribution in [0.2, 0.25) is 0 Å².